The number of aryl methyl sites for hydroxylation is 1. The summed E-state index contributed by atoms with van der Waals surface area (Å²) in [5.41, 5.74) is 5.70. The van der Waals surface area contributed by atoms with Crippen LogP contribution < -0.4 is 11.1 Å². The number of carbonyl (C=O) groups is 1. The highest BCUT2D eigenvalue weighted by Gasteiger charge is 2.45. The maximum atomic E-state index is 11.6. The van der Waals surface area contributed by atoms with Gasteiger partial charge in [-0.15, -0.1) is 0 Å². The van der Waals surface area contributed by atoms with Gasteiger partial charge in [0.15, 0.2) is 0 Å². The molecule has 3 N–H and O–H groups in total. The predicted molar refractivity (Wildman–Crippen MR) is 56.2 cm³/mol. The van der Waals surface area contributed by atoms with E-state index in [0.717, 1.165) is 25.1 Å². The summed E-state index contributed by atoms with van der Waals surface area (Å²) in [6, 6.07) is 0. The van der Waals surface area contributed by atoms with Crippen LogP contribution in [0.25, 0.3) is 0 Å². The summed E-state index contributed by atoms with van der Waals surface area (Å²) in [4.78, 5) is 19.7. The van der Waals surface area contributed by atoms with Gasteiger partial charge in [0, 0.05) is 6.42 Å². The number of nitrogens with one attached hydrogen (secondary N) is 1. The molecule has 5 heteroatoms. The quantitative estimate of drug-likeness (QED) is 0.753. The van der Waals surface area contributed by atoms with E-state index in [0.29, 0.717) is 5.69 Å². The van der Waals surface area contributed by atoms with Crippen molar-refractivity contribution in [2.24, 2.45) is 5.73 Å². The summed E-state index contributed by atoms with van der Waals surface area (Å²) in [5, 5.41) is 2.71. The highest BCUT2D eigenvalue weighted by atomic mass is 16.2. The fraction of sp³-hybridized carbons (Fsp3) is 0.500. The lowest BCUT2D eigenvalue weighted by Crippen LogP contribution is -2.37. The van der Waals surface area contributed by atoms with Gasteiger partial charge in [-0.05, 0) is 12.8 Å². The number of anilines is 1. The van der Waals surface area contributed by atoms with Crippen LogP contribution in [0.2, 0.25) is 0 Å². The summed E-state index contributed by atoms with van der Waals surface area (Å²) in [6.45, 7) is 1.98. The van der Waals surface area contributed by atoms with Crippen molar-refractivity contribution in [3.8, 4) is 0 Å². The number of nitrogens with zero attached hydrogens (tertiary/aromatic N) is 2. The maximum Gasteiger partial charge on any atom is 0.244 e. The monoisotopic (exact) mass is 206 g/mol. The van der Waals surface area contributed by atoms with Crippen molar-refractivity contribution in [1.82, 2.24) is 9.97 Å². The second-order valence-corrected chi connectivity index (χ2v) is 3.85. The molecule has 0 aliphatic heterocycles. The first-order chi connectivity index (χ1) is 7.14. The molecule has 0 unspecified atom stereocenters. The minimum atomic E-state index is -0.649. The Hall–Kier alpha value is -1.49. The van der Waals surface area contributed by atoms with Crippen LogP contribution >= 0.6 is 0 Å². The summed E-state index contributed by atoms with van der Waals surface area (Å²) in [5.74, 6) is 0.622. The minimum absolute atomic E-state index is 0.143. The first-order valence-electron chi connectivity index (χ1n) is 5.05. The van der Waals surface area contributed by atoms with Crippen LogP contribution in [-0.4, -0.2) is 21.4 Å². The van der Waals surface area contributed by atoms with E-state index in [4.69, 9.17) is 5.73 Å². The summed E-state index contributed by atoms with van der Waals surface area (Å²) >= 11 is 0. The zero-order valence-corrected chi connectivity index (χ0v) is 8.66. The van der Waals surface area contributed by atoms with Crippen molar-refractivity contribution in [2.45, 2.75) is 31.7 Å². The molecular formula is C10H14N4O. The second-order valence-electron chi connectivity index (χ2n) is 3.85. The van der Waals surface area contributed by atoms with Gasteiger partial charge in [-0.3, -0.25) is 4.79 Å². The molecule has 0 aromatic carbocycles. The Balaban J connectivity index is 2.01. The predicted octanol–water partition coefficient (Wildman–Crippen LogP) is 0.469. The van der Waals surface area contributed by atoms with E-state index in [1.807, 2.05) is 6.92 Å². The summed E-state index contributed by atoms with van der Waals surface area (Å²) in [7, 11) is 0. The fourth-order valence-corrected chi connectivity index (χ4v) is 1.22. The van der Waals surface area contributed by atoms with Crippen molar-refractivity contribution in [3.63, 3.8) is 0 Å². The maximum absolute atomic E-state index is 11.6. The lowest BCUT2D eigenvalue weighted by molar-refractivity contribution is -0.118. The van der Waals surface area contributed by atoms with Gasteiger partial charge >= 0.3 is 0 Å². The van der Waals surface area contributed by atoms with E-state index in [-0.39, 0.29) is 5.91 Å². The second kappa shape index (κ2) is 3.58. The lowest BCUT2D eigenvalue weighted by atomic mass is 10.2. The standard InChI is InChI=1S/C10H14N4O/c1-2-8-12-5-7(6-13-8)14-9(15)10(11)3-4-10/h5-6H,2-4,11H2,1H3,(H,14,15). The number of rotatable bonds is 3. The molecule has 0 bridgehead atoms. The Morgan fingerprint density at radius 2 is 2.13 bits per heavy atom. The molecule has 1 heterocycles. The number of aromatic nitrogens is 2. The van der Waals surface area contributed by atoms with Gasteiger partial charge in [0.05, 0.1) is 23.6 Å². The Bertz CT molecular complexity index is 370. The van der Waals surface area contributed by atoms with Gasteiger partial charge in [-0.25, -0.2) is 9.97 Å². The zero-order valence-electron chi connectivity index (χ0n) is 8.66. The van der Waals surface area contributed by atoms with Gasteiger partial charge in [0.1, 0.15) is 5.82 Å². The molecule has 0 radical (unpaired) electrons. The third-order valence-corrected chi connectivity index (χ3v) is 2.52. The van der Waals surface area contributed by atoms with Gasteiger partial charge in [-0.2, -0.15) is 0 Å². The van der Waals surface area contributed by atoms with Crippen molar-refractivity contribution >= 4 is 11.6 Å². The van der Waals surface area contributed by atoms with Crippen LogP contribution in [-0.2, 0) is 11.2 Å². The molecule has 1 saturated carbocycles. The summed E-state index contributed by atoms with van der Waals surface area (Å²) < 4.78 is 0. The van der Waals surface area contributed by atoms with Crippen LogP contribution in [0.15, 0.2) is 12.4 Å². The van der Waals surface area contributed by atoms with Gasteiger partial charge in [0.2, 0.25) is 5.91 Å². The molecule has 80 valence electrons. The van der Waals surface area contributed by atoms with Crippen LogP contribution in [0.1, 0.15) is 25.6 Å². The highest BCUT2D eigenvalue weighted by Crippen LogP contribution is 2.33. The lowest BCUT2D eigenvalue weighted by Gasteiger charge is -2.09. The van der Waals surface area contributed by atoms with E-state index in [9.17, 15) is 4.79 Å². The van der Waals surface area contributed by atoms with Crippen molar-refractivity contribution in [1.29, 1.82) is 0 Å². The Morgan fingerprint density at radius 3 is 2.60 bits per heavy atom. The molecule has 0 saturated heterocycles. The van der Waals surface area contributed by atoms with E-state index in [2.05, 4.69) is 15.3 Å². The first kappa shape index (κ1) is 10.0. The third-order valence-electron chi connectivity index (χ3n) is 2.52. The topological polar surface area (TPSA) is 80.9 Å². The van der Waals surface area contributed by atoms with E-state index >= 15 is 0 Å². The van der Waals surface area contributed by atoms with Gasteiger partial charge in [0.25, 0.3) is 0 Å². The Morgan fingerprint density at radius 1 is 1.53 bits per heavy atom. The smallest absolute Gasteiger partial charge is 0.244 e. The normalized spacial score (nSPS) is 17.2. The fourth-order valence-electron chi connectivity index (χ4n) is 1.22. The molecule has 1 fully saturated rings. The number of amides is 1. The highest BCUT2D eigenvalue weighted by molar-refractivity contribution is 5.99. The van der Waals surface area contributed by atoms with Gasteiger partial charge in [-0.1, -0.05) is 6.92 Å². The molecule has 0 spiro atoms. The summed E-state index contributed by atoms with van der Waals surface area (Å²) in [6.07, 6.45) is 5.51. The van der Waals surface area contributed by atoms with Crippen LogP contribution in [0.5, 0.6) is 0 Å². The largest absolute Gasteiger partial charge is 0.322 e. The molecule has 1 aromatic heterocycles. The van der Waals surface area contributed by atoms with Crippen molar-refractivity contribution in [2.75, 3.05) is 5.32 Å². The Kier molecular flexibility index (Phi) is 2.40. The van der Waals surface area contributed by atoms with Gasteiger partial charge < -0.3 is 11.1 Å². The average molecular weight is 206 g/mol. The first-order valence-corrected chi connectivity index (χ1v) is 5.05. The Labute approximate surface area is 88.1 Å². The van der Waals surface area contributed by atoms with Crippen molar-refractivity contribution in [3.05, 3.63) is 18.2 Å². The molecule has 2 rings (SSSR count). The number of nitrogens with two attached hydrogens (primary N) is 1. The third kappa shape index (κ3) is 2.12. The van der Waals surface area contributed by atoms with Crippen molar-refractivity contribution < 1.29 is 4.79 Å². The number of hydrogen-bond donors (Lipinski definition) is 2. The van der Waals surface area contributed by atoms with Crippen LogP contribution in [0, 0.1) is 0 Å². The molecule has 1 aromatic rings. The van der Waals surface area contributed by atoms with E-state index in [1.165, 1.54) is 0 Å². The minimum Gasteiger partial charge on any atom is -0.322 e. The average Bonchev–Trinajstić information content (AvgIpc) is 2.99. The number of hydrogen-bond acceptors (Lipinski definition) is 4. The van der Waals surface area contributed by atoms with Crippen LogP contribution in [0.4, 0.5) is 5.69 Å². The van der Waals surface area contributed by atoms with Crippen LogP contribution in [0.3, 0.4) is 0 Å². The molecule has 5 nitrogen and oxygen atoms in total. The number of carbonyl (C=O) groups excluding carboxylic acids is 1. The molecular weight excluding hydrogens is 192 g/mol. The molecule has 0 atom stereocenters. The molecule has 1 amide bonds. The van der Waals surface area contributed by atoms with E-state index < -0.39 is 5.54 Å². The molecule has 1 aliphatic carbocycles. The molecule has 1 aliphatic rings. The van der Waals surface area contributed by atoms with E-state index in [1.54, 1.807) is 12.4 Å². The zero-order chi connectivity index (χ0) is 10.9. The SMILES string of the molecule is CCc1ncc(NC(=O)C2(N)CC2)cn1. The molecule has 15 heavy (non-hydrogen) atoms.